The Bertz CT molecular complexity index is 481. The third-order valence-corrected chi connectivity index (χ3v) is 8.65. The molecule has 0 amide bonds. The zero-order chi connectivity index (χ0) is 24.3. The van der Waals surface area contributed by atoms with Crippen molar-refractivity contribution in [2.24, 2.45) is 17.8 Å². The zero-order valence-corrected chi connectivity index (χ0v) is 24.1. The van der Waals surface area contributed by atoms with Gasteiger partial charge in [-0.25, -0.2) is 0 Å². The lowest BCUT2D eigenvalue weighted by molar-refractivity contribution is 0.125. The van der Waals surface area contributed by atoms with Crippen LogP contribution in [0.4, 0.5) is 0 Å². The molecule has 0 unspecified atom stereocenters. The van der Waals surface area contributed by atoms with Gasteiger partial charge in [0.05, 0.1) is 6.10 Å². The Labute approximate surface area is 249 Å². The van der Waals surface area contributed by atoms with Gasteiger partial charge < -0.3 is 4.74 Å². The summed E-state index contributed by atoms with van der Waals surface area (Å²) in [4.78, 5) is 1.43. The highest BCUT2D eigenvalue weighted by Crippen LogP contribution is 2.23. The van der Waals surface area contributed by atoms with Crippen LogP contribution in [0.3, 0.4) is 0 Å². The molecule has 0 bridgehead atoms. The van der Waals surface area contributed by atoms with Crippen molar-refractivity contribution in [3.8, 4) is 0 Å². The van der Waals surface area contributed by atoms with Crippen LogP contribution in [0.15, 0.2) is 11.4 Å². The second-order valence-corrected chi connectivity index (χ2v) is 12.5. The van der Waals surface area contributed by atoms with Crippen molar-refractivity contribution in [2.75, 3.05) is 6.61 Å². The van der Waals surface area contributed by atoms with Crippen molar-refractivity contribution in [3.05, 3.63) is 21.9 Å². The average molecular weight is 559 g/mol. The van der Waals surface area contributed by atoms with Crippen LogP contribution in [-0.2, 0) is 4.74 Å². The third-order valence-electron chi connectivity index (χ3n) is 7.71. The van der Waals surface area contributed by atoms with E-state index in [9.17, 15) is 0 Å². The number of hydrogen-bond acceptors (Lipinski definition) is 2. The van der Waals surface area contributed by atoms with E-state index in [2.05, 4.69) is 53.0 Å². The quantitative estimate of drug-likeness (QED) is 0.307. The molecular formula is C36H78OS. The minimum atomic E-state index is 0. The lowest BCUT2D eigenvalue weighted by atomic mass is 9.91. The van der Waals surface area contributed by atoms with E-state index in [1.165, 1.54) is 113 Å². The molecule has 4 aliphatic rings. The average Bonchev–Trinajstić information content (AvgIpc) is 3.57. The summed E-state index contributed by atoms with van der Waals surface area (Å²) < 4.78 is 5.15. The van der Waals surface area contributed by atoms with Crippen LogP contribution in [-0.4, -0.2) is 12.7 Å². The minimum Gasteiger partial charge on any atom is -0.379 e. The maximum absolute atomic E-state index is 5.15. The van der Waals surface area contributed by atoms with E-state index < -0.39 is 0 Å². The summed E-state index contributed by atoms with van der Waals surface area (Å²) in [5.41, 5.74) is 1.41. The first-order valence-electron chi connectivity index (χ1n) is 14.5. The second kappa shape index (κ2) is 31.2. The molecule has 0 aromatic carbocycles. The zero-order valence-electron chi connectivity index (χ0n) is 23.3. The number of hydrogen-bond donors (Lipinski definition) is 0. The van der Waals surface area contributed by atoms with Crippen LogP contribution < -0.4 is 0 Å². The maximum Gasteiger partial charge on any atom is 0.0547 e. The Kier molecular flexibility index (Phi) is 38.9. The first-order chi connectivity index (χ1) is 15.9. The van der Waals surface area contributed by atoms with E-state index in [0.29, 0.717) is 6.10 Å². The fraction of sp³-hybridized carbons (Fsp3) is 0.889. The smallest absolute Gasteiger partial charge is 0.0547 e. The van der Waals surface area contributed by atoms with Crippen LogP contribution in [0.5, 0.6) is 0 Å². The molecule has 234 valence electrons. The highest BCUT2D eigenvalue weighted by atomic mass is 32.1. The van der Waals surface area contributed by atoms with E-state index >= 15 is 0 Å². The summed E-state index contributed by atoms with van der Waals surface area (Å²) >= 11 is 1.80. The molecule has 2 heterocycles. The van der Waals surface area contributed by atoms with E-state index in [-0.39, 0.29) is 37.1 Å². The fourth-order valence-corrected chi connectivity index (χ4v) is 5.66. The molecule has 0 radical (unpaired) electrons. The molecule has 1 atom stereocenters. The summed E-state index contributed by atoms with van der Waals surface area (Å²) in [5, 5.41) is 2.12. The van der Waals surface area contributed by atoms with Gasteiger partial charge in [-0.05, 0) is 68.4 Å². The molecule has 2 heteroatoms. The van der Waals surface area contributed by atoms with E-state index in [4.69, 9.17) is 4.74 Å². The highest BCUT2D eigenvalue weighted by molar-refractivity contribution is 7.10. The maximum atomic E-state index is 5.15. The molecule has 38 heavy (non-hydrogen) atoms. The predicted octanol–water partition coefficient (Wildman–Crippen LogP) is 14.1. The molecule has 1 aromatic heterocycles. The fourth-order valence-electron chi connectivity index (χ4n) is 4.93. The Morgan fingerprint density at radius 1 is 0.553 bits per heavy atom. The Morgan fingerprint density at radius 2 is 0.921 bits per heavy atom. The monoisotopic (exact) mass is 559 g/mol. The van der Waals surface area contributed by atoms with Crippen LogP contribution in [0.2, 0.25) is 0 Å². The molecule has 3 aliphatic carbocycles. The number of rotatable bonds is 0. The van der Waals surface area contributed by atoms with Gasteiger partial charge >= 0.3 is 0 Å². The Morgan fingerprint density at radius 3 is 1.03 bits per heavy atom. The summed E-state index contributed by atoms with van der Waals surface area (Å²) in [6.07, 6.45) is 23.9. The van der Waals surface area contributed by atoms with Gasteiger partial charge in [0.1, 0.15) is 0 Å². The van der Waals surface area contributed by atoms with Gasteiger partial charge in [-0.1, -0.05) is 148 Å². The summed E-state index contributed by atoms with van der Waals surface area (Å²) in [7, 11) is 0. The van der Waals surface area contributed by atoms with E-state index in [1.807, 2.05) is 0 Å². The number of aryl methyl sites for hydroxylation is 2. The van der Waals surface area contributed by atoms with Gasteiger partial charge in [-0.2, -0.15) is 0 Å². The van der Waals surface area contributed by atoms with Crippen molar-refractivity contribution < 1.29 is 4.74 Å². The molecule has 4 fully saturated rings. The van der Waals surface area contributed by atoms with Crippen molar-refractivity contribution >= 4 is 11.3 Å². The summed E-state index contributed by atoms with van der Waals surface area (Å²) in [5.74, 6) is 3.12. The van der Waals surface area contributed by atoms with Gasteiger partial charge in [0.15, 0.2) is 0 Å². The predicted molar refractivity (Wildman–Crippen MR) is 184 cm³/mol. The normalized spacial score (nSPS) is 20.5. The first kappa shape index (κ1) is 47.4. The van der Waals surface area contributed by atoms with E-state index in [1.54, 1.807) is 11.3 Å². The number of thiophene rings is 1. The minimum absolute atomic E-state index is 0. The van der Waals surface area contributed by atoms with Crippen LogP contribution in [0.25, 0.3) is 0 Å². The molecular weight excluding hydrogens is 480 g/mol. The van der Waals surface area contributed by atoms with Gasteiger partial charge in [0.2, 0.25) is 0 Å². The van der Waals surface area contributed by atoms with Crippen molar-refractivity contribution in [1.82, 2.24) is 0 Å². The molecule has 1 aliphatic heterocycles. The van der Waals surface area contributed by atoms with Gasteiger partial charge in [0, 0.05) is 11.5 Å². The largest absolute Gasteiger partial charge is 0.379 e. The second-order valence-electron chi connectivity index (χ2n) is 11.4. The highest BCUT2D eigenvalue weighted by Gasteiger charge is 2.08. The molecule has 3 saturated carbocycles. The summed E-state index contributed by atoms with van der Waals surface area (Å²) in [6.45, 7) is 14.4. The molecule has 0 N–H and O–H groups in total. The topological polar surface area (TPSA) is 9.23 Å². The SMILES string of the molecule is C.C.C.C.C.CC1CCCC1.CC1CCCCC1.CC1CCCCC1.C[C@H]1CCCO1.Cc1ccsc1C. The molecule has 1 nitrogen and oxygen atoms in total. The lowest BCUT2D eigenvalue weighted by Gasteiger charge is -2.15. The summed E-state index contributed by atoms with van der Waals surface area (Å²) in [6, 6.07) is 2.14. The lowest BCUT2D eigenvalue weighted by Crippen LogP contribution is -1.99. The van der Waals surface area contributed by atoms with Crippen molar-refractivity contribution in [3.63, 3.8) is 0 Å². The van der Waals surface area contributed by atoms with Crippen molar-refractivity contribution in [2.45, 2.75) is 188 Å². The van der Waals surface area contributed by atoms with Gasteiger partial charge in [-0.3, -0.25) is 0 Å². The van der Waals surface area contributed by atoms with E-state index in [0.717, 1.165) is 24.4 Å². The molecule has 1 saturated heterocycles. The van der Waals surface area contributed by atoms with Crippen LogP contribution in [0.1, 0.15) is 178 Å². The molecule has 1 aromatic rings. The Hall–Kier alpha value is -0.340. The van der Waals surface area contributed by atoms with Gasteiger partial charge in [0.25, 0.3) is 0 Å². The standard InChI is InChI=1S/2C7H14.C6H8S.C6H12.C5H10O.5CH4/c2*1-7-5-3-2-4-6-7;1-5-3-4-7-6(5)2;1-6-4-2-3-5-6;1-5-3-2-4-6-5;;;;;/h2*7H,2-6H2,1H3;3-4H,1-2H3;6H,2-5H2,1H3;5H,2-4H2,1H3;5*1H4/t;;;;5-;;;;;/m....0...../s1. The van der Waals surface area contributed by atoms with Crippen molar-refractivity contribution in [1.29, 1.82) is 0 Å². The molecule has 5 rings (SSSR count). The van der Waals surface area contributed by atoms with Crippen LogP contribution in [0, 0.1) is 31.6 Å². The first-order valence-corrected chi connectivity index (χ1v) is 15.4. The Balaban J connectivity index is -0.000000116. The van der Waals surface area contributed by atoms with Gasteiger partial charge in [-0.15, -0.1) is 11.3 Å². The molecule has 0 spiro atoms. The third kappa shape index (κ3) is 27.2. The van der Waals surface area contributed by atoms with Crippen LogP contribution >= 0.6 is 11.3 Å². The number of ether oxygens (including phenoxy) is 1.